The molecule has 0 radical (unpaired) electrons. The van der Waals surface area contributed by atoms with E-state index in [1.807, 2.05) is 0 Å². The third kappa shape index (κ3) is 2.63. The minimum absolute atomic E-state index is 0.0266. The molecule has 2 aliphatic rings. The monoisotopic (exact) mass is 352 g/mol. The summed E-state index contributed by atoms with van der Waals surface area (Å²) in [5.41, 5.74) is -0.739. The van der Waals surface area contributed by atoms with E-state index < -0.39 is 11.6 Å². The van der Waals surface area contributed by atoms with Crippen molar-refractivity contribution in [1.82, 2.24) is 15.5 Å². The van der Waals surface area contributed by atoms with Crippen LogP contribution in [0.3, 0.4) is 0 Å². The number of anilines is 1. The molecule has 2 heterocycles. The van der Waals surface area contributed by atoms with Gasteiger partial charge in [-0.25, -0.2) is 4.79 Å². The summed E-state index contributed by atoms with van der Waals surface area (Å²) in [5.74, 6) is -0.269. The van der Waals surface area contributed by atoms with Crippen molar-refractivity contribution in [2.45, 2.75) is 30.9 Å². The van der Waals surface area contributed by atoms with Crippen molar-refractivity contribution in [2.24, 2.45) is 0 Å². The van der Waals surface area contributed by atoms with E-state index >= 15 is 0 Å². The van der Waals surface area contributed by atoms with E-state index in [9.17, 15) is 18.0 Å². The fraction of sp³-hybridized carbons (Fsp3) is 0.438. The Labute approximate surface area is 141 Å². The lowest BCUT2D eigenvalue weighted by atomic mass is 10.1. The molecule has 1 aromatic carbocycles. The van der Waals surface area contributed by atoms with E-state index in [4.69, 9.17) is 4.52 Å². The molecule has 2 aromatic rings. The zero-order chi connectivity index (χ0) is 17.7. The molecule has 0 bridgehead atoms. The molecule has 9 heteroatoms. The van der Waals surface area contributed by atoms with E-state index in [0.29, 0.717) is 24.3 Å². The van der Waals surface area contributed by atoms with Gasteiger partial charge in [0.1, 0.15) is 5.41 Å². The fourth-order valence-electron chi connectivity index (χ4n) is 2.94. The third-order valence-electron chi connectivity index (χ3n) is 4.65. The summed E-state index contributed by atoms with van der Waals surface area (Å²) in [6.45, 7) is 1.27. The van der Waals surface area contributed by atoms with Gasteiger partial charge >= 0.3 is 12.2 Å². The predicted octanol–water partition coefficient (Wildman–Crippen LogP) is 3.25. The summed E-state index contributed by atoms with van der Waals surface area (Å²) in [5, 5.41) is 6.44. The van der Waals surface area contributed by atoms with Crippen LogP contribution in [0.2, 0.25) is 0 Å². The van der Waals surface area contributed by atoms with Crippen LogP contribution < -0.4 is 10.2 Å². The normalized spacial score (nSPS) is 19.6. The largest absolute Gasteiger partial charge is 0.403 e. The summed E-state index contributed by atoms with van der Waals surface area (Å²) < 4.78 is 44.2. The molecule has 25 heavy (non-hydrogen) atoms. The Balaban J connectivity index is 1.56. The second-order valence-electron chi connectivity index (χ2n) is 6.29. The average Bonchev–Trinajstić information content (AvgIpc) is 3.27. The number of benzene rings is 1. The lowest BCUT2D eigenvalue weighted by Gasteiger charge is -2.27. The van der Waals surface area contributed by atoms with Gasteiger partial charge in [0.05, 0.1) is 0 Å². The number of rotatable bonds is 3. The number of aromatic nitrogens is 2. The Morgan fingerprint density at radius 2 is 1.92 bits per heavy atom. The maximum Gasteiger partial charge on any atom is 0.403 e. The Morgan fingerprint density at radius 1 is 1.20 bits per heavy atom. The number of halogens is 3. The molecule has 4 rings (SSSR count). The van der Waals surface area contributed by atoms with Crippen LogP contribution in [0.1, 0.15) is 25.2 Å². The number of nitrogens with one attached hydrogen (secondary N) is 1. The van der Waals surface area contributed by atoms with Crippen LogP contribution in [0.4, 0.5) is 23.7 Å². The molecule has 0 atom stereocenters. The first kappa shape index (κ1) is 15.9. The molecule has 132 valence electrons. The lowest BCUT2D eigenvalue weighted by molar-refractivity contribution is -0.166. The van der Waals surface area contributed by atoms with E-state index in [2.05, 4.69) is 15.5 Å². The number of alkyl halides is 3. The molecule has 1 aromatic heterocycles. The first-order valence-corrected chi connectivity index (χ1v) is 7.97. The molecule has 1 saturated heterocycles. The number of urea groups is 1. The molecule has 0 unspecified atom stereocenters. The molecular weight excluding hydrogens is 337 g/mol. The van der Waals surface area contributed by atoms with E-state index in [1.165, 1.54) is 0 Å². The molecular formula is C16H15F3N4O2. The Morgan fingerprint density at radius 3 is 2.52 bits per heavy atom. The Bertz CT molecular complexity index is 796. The summed E-state index contributed by atoms with van der Waals surface area (Å²) in [7, 11) is 0. The van der Waals surface area contributed by atoms with Crippen LogP contribution >= 0.6 is 0 Å². The van der Waals surface area contributed by atoms with Crippen LogP contribution in [0.5, 0.6) is 0 Å². The predicted molar refractivity (Wildman–Crippen MR) is 82.1 cm³/mol. The van der Waals surface area contributed by atoms with Gasteiger partial charge < -0.3 is 9.84 Å². The highest BCUT2D eigenvalue weighted by atomic mass is 19.4. The third-order valence-corrected chi connectivity index (χ3v) is 4.65. The number of carbonyl (C=O) groups is 1. The lowest BCUT2D eigenvalue weighted by Crippen LogP contribution is -2.46. The maximum atomic E-state index is 13.1. The maximum absolute atomic E-state index is 13.1. The van der Waals surface area contributed by atoms with Gasteiger partial charge in [0.15, 0.2) is 0 Å². The highest BCUT2D eigenvalue weighted by Crippen LogP contribution is 2.58. The molecule has 1 aliphatic heterocycles. The van der Waals surface area contributed by atoms with Gasteiger partial charge in [0.25, 0.3) is 0 Å². The Kier molecular flexibility index (Phi) is 3.48. The molecule has 0 spiro atoms. The standard InChI is InChI=1S/C16H15F3N4O2/c17-16(18,19)15(6-7-15)13-21-12(22-25-13)10-2-4-11(5-3-10)23-9-1-8-20-14(23)24/h2-5H,1,6-9H2,(H,20,24). The first-order valence-electron chi connectivity index (χ1n) is 7.97. The molecule has 2 fully saturated rings. The van der Waals surface area contributed by atoms with Crippen LogP contribution in [0.15, 0.2) is 28.8 Å². The summed E-state index contributed by atoms with van der Waals surface area (Å²) in [6.07, 6.45) is -3.59. The van der Waals surface area contributed by atoms with Crippen molar-refractivity contribution < 1.29 is 22.5 Å². The van der Waals surface area contributed by atoms with Gasteiger partial charge in [-0.1, -0.05) is 5.16 Å². The van der Waals surface area contributed by atoms with Crippen LogP contribution in [-0.4, -0.2) is 35.4 Å². The number of carbonyl (C=O) groups excluding carboxylic acids is 1. The van der Waals surface area contributed by atoms with Gasteiger partial charge in [0.2, 0.25) is 11.7 Å². The van der Waals surface area contributed by atoms with Crippen LogP contribution in [-0.2, 0) is 5.41 Å². The number of hydrogen-bond donors (Lipinski definition) is 1. The van der Waals surface area contributed by atoms with Crippen molar-refractivity contribution in [2.75, 3.05) is 18.0 Å². The first-order chi connectivity index (χ1) is 11.9. The number of nitrogens with zero attached hydrogens (tertiary/aromatic N) is 3. The smallest absolute Gasteiger partial charge is 0.338 e. The van der Waals surface area contributed by atoms with E-state index in [1.54, 1.807) is 29.2 Å². The minimum atomic E-state index is -4.39. The average molecular weight is 352 g/mol. The molecule has 1 saturated carbocycles. The van der Waals surface area contributed by atoms with Crippen LogP contribution in [0, 0.1) is 0 Å². The summed E-state index contributed by atoms with van der Waals surface area (Å²) in [4.78, 5) is 17.4. The summed E-state index contributed by atoms with van der Waals surface area (Å²) in [6, 6.07) is 6.60. The number of hydrogen-bond acceptors (Lipinski definition) is 4. The fourth-order valence-corrected chi connectivity index (χ4v) is 2.94. The minimum Gasteiger partial charge on any atom is -0.338 e. The molecule has 2 amide bonds. The zero-order valence-corrected chi connectivity index (χ0v) is 13.1. The van der Waals surface area contributed by atoms with Crippen molar-refractivity contribution in [3.8, 4) is 11.4 Å². The topological polar surface area (TPSA) is 71.3 Å². The zero-order valence-electron chi connectivity index (χ0n) is 13.1. The van der Waals surface area contributed by atoms with Gasteiger partial charge in [-0.05, 0) is 43.5 Å². The highest BCUT2D eigenvalue weighted by Gasteiger charge is 2.68. The van der Waals surface area contributed by atoms with Crippen LogP contribution in [0.25, 0.3) is 11.4 Å². The molecule has 1 N–H and O–H groups in total. The van der Waals surface area contributed by atoms with Gasteiger partial charge in [-0.15, -0.1) is 0 Å². The van der Waals surface area contributed by atoms with Crippen molar-refractivity contribution in [3.05, 3.63) is 30.2 Å². The van der Waals surface area contributed by atoms with Gasteiger partial charge in [-0.3, -0.25) is 4.90 Å². The second kappa shape index (κ2) is 5.47. The van der Waals surface area contributed by atoms with Crippen molar-refractivity contribution in [3.63, 3.8) is 0 Å². The molecule has 6 nitrogen and oxygen atoms in total. The quantitative estimate of drug-likeness (QED) is 0.920. The van der Waals surface area contributed by atoms with Gasteiger partial charge in [0, 0.05) is 24.3 Å². The van der Waals surface area contributed by atoms with Crippen molar-refractivity contribution in [1.29, 1.82) is 0 Å². The summed E-state index contributed by atoms with van der Waals surface area (Å²) >= 11 is 0. The van der Waals surface area contributed by atoms with E-state index in [0.717, 1.165) is 6.42 Å². The van der Waals surface area contributed by atoms with E-state index in [-0.39, 0.29) is 30.6 Å². The molecule has 1 aliphatic carbocycles. The Hall–Kier alpha value is -2.58. The van der Waals surface area contributed by atoms with Gasteiger partial charge in [-0.2, -0.15) is 18.2 Å². The second-order valence-corrected chi connectivity index (χ2v) is 6.29. The number of amides is 2. The SMILES string of the molecule is O=C1NCCCN1c1ccc(-c2noc(C3(C(F)(F)F)CC3)n2)cc1. The highest BCUT2D eigenvalue weighted by molar-refractivity contribution is 5.92. The van der Waals surface area contributed by atoms with Crippen molar-refractivity contribution >= 4 is 11.7 Å².